The Bertz CT molecular complexity index is 120. The van der Waals surface area contributed by atoms with Gasteiger partial charge in [-0.1, -0.05) is 20.3 Å². The van der Waals surface area contributed by atoms with Crippen LogP contribution in [0.15, 0.2) is 0 Å². The summed E-state index contributed by atoms with van der Waals surface area (Å²) < 4.78 is 0. The van der Waals surface area contributed by atoms with Crippen LogP contribution in [0.1, 0.15) is 39.5 Å². The Morgan fingerprint density at radius 2 is 1.67 bits per heavy atom. The number of likely N-dealkylation sites (tertiary alicyclic amines) is 1. The molecule has 0 aromatic heterocycles. The smallest absolute Gasteiger partial charge is 0.314 e. The van der Waals surface area contributed by atoms with Crippen LogP contribution in [0, 0.1) is 0 Å². The first-order valence-electron chi connectivity index (χ1n) is 4.76. The molecule has 1 saturated heterocycles. The van der Waals surface area contributed by atoms with Crippen molar-refractivity contribution < 1.29 is 4.79 Å². The lowest BCUT2D eigenvalue weighted by molar-refractivity contribution is 0.196. The number of nitrogens with zero attached hydrogens (tertiary/aromatic N) is 1. The fourth-order valence-electron chi connectivity index (χ4n) is 1.11. The summed E-state index contributed by atoms with van der Waals surface area (Å²) in [7, 11) is 0. The number of rotatable bonds is 0. The summed E-state index contributed by atoms with van der Waals surface area (Å²) in [5.74, 6) is 0. The van der Waals surface area contributed by atoms with Gasteiger partial charge >= 0.3 is 6.03 Å². The molecule has 0 atom stereocenters. The van der Waals surface area contributed by atoms with Crippen molar-refractivity contribution in [2.24, 2.45) is 5.73 Å². The van der Waals surface area contributed by atoms with Crippen molar-refractivity contribution in [1.82, 2.24) is 4.90 Å². The molecule has 0 aliphatic carbocycles. The summed E-state index contributed by atoms with van der Waals surface area (Å²) >= 11 is 0. The number of carbonyl (C=O) groups excluding carboxylic acids is 1. The standard InChI is InChI=1S/C6H12N2O.C3H8/c7-6(9)8-4-2-1-3-5-8;1-3-2/h1-5H2,(H2,7,9);3H2,1-2H3. The quantitative estimate of drug-likeness (QED) is 0.596. The Labute approximate surface area is 74.9 Å². The van der Waals surface area contributed by atoms with Gasteiger partial charge in [0.05, 0.1) is 0 Å². The first-order chi connectivity index (χ1) is 5.72. The van der Waals surface area contributed by atoms with Gasteiger partial charge in [-0.15, -0.1) is 0 Å². The molecule has 12 heavy (non-hydrogen) atoms. The highest BCUT2D eigenvalue weighted by molar-refractivity contribution is 5.71. The van der Waals surface area contributed by atoms with Crippen molar-refractivity contribution in [3.05, 3.63) is 0 Å². The fourth-order valence-corrected chi connectivity index (χ4v) is 1.11. The second kappa shape index (κ2) is 6.95. The molecule has 0 spiro atoms. The van der Waals surface area contributed by atoms with E-state index in [2.05, 4.69) is 13.8 Å². The molecule has 2 N–H and O–H groups in total. The van der Waals surface area contributed by atoms with Gasteiger partial charge in [0.2, 0.25) is 0 Å². The average molecular weight is 172 g/mol. The minimum absolute atomic E-state index is 0.269. The molecule has 72 valence electrons. The number of amides is 2. The Balaban J connectivity index is 0.000000354. The van der Waals surface area contributed by atoms with E-state index in [1.165, 1.54) is 12.8 Å². The van der Waals surface area contributed by atoms with Crippen LogP contribution in [0.25, 0.3) is 0 Å². The molecule has 0 bridgehead atoms. The molecular formula is C9H20N2O. The summed E-state index contributed by atoms with van der Waals surface area (Å²) in [6, 6.07) is -0.269. The minimum Gasteiger partial charge on any atom is -0.351 e. The van der Waals surface area contributed by atoms with Gasteiger partial charge in [-0.2, -0.15) is 0 Å². The van der Waals surface area contributed by atoms with E-state index in [0.717, 1.165) is 25.9 Å². The first kappa shape index (κ1) is 11.3. The molecule has 0 radical (unpaired) electrons. The zero-order valence-corrected chi connectivity index (χ0v) is 8.18. The van der Waals surface area contributed by atoms with Crippen LogP contribution >= 0.6 is 0 Å². The van der Waals surface area contributed by atoms with Crippen LogP contribution in [-0.2, 0) is 0 Å². The third-order valence-corrected chi connectivity index (χ3v) is 1.67. The Kier molecular flexibility index (Phi) is 6.53. The van der Waals surface area contributed by atoms with Crippen molar-refractivity contribution in [2.75, 3.05) is 13.1 Å². The monoisotopic (exact) mass is 172 g/mol. The van der Waals surface area contributed by atoms with E-state index in [4.69, 9.17) is 5.73 Å². The molecule has 0 aromatic carbocycles. The maximum absolute atomic E-state index is 10.5. The second-order valence-electron chi connectivity index (χ2n) is 3.09. The van der Waals surface area contributed by atoms with Gasteiger partial charge in [0.1, 0.15) is 0 Å². The topological polar surface area (TPSA) is 46.3 Å². The fraction of sp³-hybridized carbons (Fsp3) is 0.889. The third kappa shape index (κ3) is 4.99. The minimum atomic E-state index is -0.269. The summed E-state index contributed by atoms with van der Waals surface area (Å²) in [6.45, 7) is 5.96. The summed E-state index contributed by atoms with van der Waals surface area (Å²) in [5, 5.41) is 0. The highest BCUT2D eigenvalue weighted by Crippen LogP contribution is 2.06. The molecule has 1 fully saturated rings. The molecule has 1 rings (SSSR count). The molecule has 3 nitrogen and oxygen atoms in total. The lowest BCUT2D eigenvalue weighted by Gasteiger charge is -2.24. The third-order valence-electron chi connectivity index (χ3n) is 1.67. The number of primary amides is 1. The Morgan fingerprint density at radius 3 is 1.92 bits per heavy atom. The van der Waals surface area contributed by atoms with E-state index in [0.29, 0.717) is 0 Å². The van der Waals surface area contributed by atoms with E-state index in [1.54, 1.807) is 4.90 Å². The molecular weight excluding hydrogens is 152 g/mol. The van der Waals surface area contributed by atoms with Crippen molar-refractivity contribution >= 4 is 6.03 Å². The van der Waals surface area contributed by atoms with E-state index >= 15 is 0 Å². The number of hydrogen-bond donors (Lipinski definition) is 1. The Hall–Kier alpha value is -0.730. The number of urea groups is 1. The SMILES string of the molecule is CCC.NC(=O)N1CCCCC1. The maximum atomic E-state index is 10.5. The van der Waals surface area contributed by atoms with Crippen LogP contribution in [0.5, 0.6) is 0 Å². The largest absolute Gasteiger partial charge is 0.351 e. The lowest BCUT2D eigenvalue weighted by Crippen LogP contribution is -2.39. The molecule has 0 aromatic rings. The molecule has 3 heteroatoms. The van der Waals surface area contributed by atoms with Gasteiger partial charge < -0.3 is 10.6 Å². The number of carbonyl (C=O) groups is 1. The second-order valence-corrected chi connectivity index (χ2v) is 3.09. The lowest BCUT2D eigenvalue weighted by atomic mass is 10.1. The van der Waals surface area contributed by atoms with E-state index in [9.17, 15) is 4.79 Å². The molecule has 0 unspecified atom stereocenters. The molecule has 0 saturated carbocycles. The van der Waals surface area contributed by atoms with Crippen molar-refractivity contribution in [3.63, 3.8) is 0 Å². The van der Waals surface area contributed by atoms with Crippen LogP contribution in [-0.4, -0.2) is 24.0 Å². The summed E-state index contributed by atoms with van der Waals surface area (Å²) in [6.07, 6.45) is 4.72. The van der Waals surface area contributed by atoms with Crippen molar-refractivity contribution in [1.29, 1.82) is 0 Å². The highest BCUT2D eigenvalue weighted by atomic mass is 16.2. The van der Waals surface area contributed by atoms with Crippen LogP contribution < -0.4 is 5.73 Å². The van der Waals surface area contributed by atoms with Gasteiger partial charge in [-0.25, -0.2) is 4.79 Å². The van der Waals surface area contributed by atoms with E-state index < -0.39 is 0 Å². The number of nitrogens with two attached hydrogens (primary N) is 1. The van der Waals surface area contributed by atoms with Crippen LogP contribution in [0.4, 0.5) is 4.79 Å². The van der Waals surface area contributed by atoms with E-state index in [-0.39, 0.29) is 6.03 Å². The average Bonchev–Trinajstić information content (AvgIpc) is 2.07. The van der Waals surface area contributed by atoms with Crippen LogP contribution in [0.3, 0.4) is 0 Å². The molecule has 1 aliphatic rings. The van der Waals surface area contributed by atoms with Crippen LogP contribution in [0.2, 0.25) is 0 Å². The Morgan fingerprint density at radius 1 is 1.25 bits per heavy atom. The maximum Gasteiger partial charge on any atom is 0.314 e. The van der Waals surface area contributed by atoms with Gasteiger partial charge in [0.25, 0.3) is 0 Å². The summed E-state index contributed by atoms with van der Waals surface area (Å²) in [5.41, 5.74) is 5.05. The predicted octanol–water partition coefficient (Wildman–Crippen LogP) is 1.97. The first-order valence-corrected chi connectivity index (χ1v) is 4.76. The number of piperidine rings is 1. The van der Waals surface area contributed by atoms with Gasteiger partial charge in [0, 0.05) is 13.1 Å². The zero-order chi connectivity index (χ0) is 9.40. The van der Waals surface area contributed by atoms with Crippen molar-refractivity contribution in [3.8, 4) is 0 Å². The van der Waals surface area contributed by atoms with Gasteiger partial charge in [-0.05, 0) is 19.3 Å². The van der Waals surface area contributed by atoms with Gasteiger partial charge in [-0.3, -0.25) is 0 Å². The van der Waals surface area contributed by atoms with Crippen molar-refractivity contribution in [2.45, 2.75) is 39.5 Å². The van der Waals surface area contributed by atoms with E-state index in [1.807, 2.05) is 0 Å². The van der Waals surface area contributed by atoms with Gasteiger partial charge in [0.15, 0.2) is 0 Å². The normalized spacial score (nSPS) is 16.3. The zero-order valence-electron chi connectivity index (χ0n) is 8.18. The molecule has 1 aliphatic heterocycles. The predicted molar refractivity (Wildman–Crippen MR) is 51.0 cm³/mol. The number of hydrogen-bond acceptors (Lipinski definition) is 1. The molecule has 1 heterocycles. The highest BCUT2D eigenvalue weighted by Gasteiger charge is 2.11. The molecule has 2 amide bonds. The summed E-state index contributed by atoms with van der Waals surface area (Å²) in [4.78, 5) is 12.2.